The van der Waals surface area contributed by atoms with Crippen molar-refractivity contribution in [3.05, 3.63) is 42.2 Å². The predicted molar refractivity (Wildman–Crippen MR) is 76.0 cm³/mol. The number of amides is 1. The highest BCUT2D eigenvalue weighted by molar-refractivity contribution is 5.89. The van der Waals surface area contributed by atoms with Crippen molar-refractivity contribution in [2.75, 3.05) is 10.6 Å². The van der Waals surface area contributed by atoms with Crippen LogP contribution in [0, 0.1) is 0 Å². The van der Waals surface area contributed by atoms with Crippen LogP contribution >= 0.6 is 0 Å². The molecule has 0 saturated heterocycles. The fourth-order valence-corrected chi connectivity index (χ4v) is 1.89. The lowest BCUT2D eigenvalue weighted by molar-refractivity contribution is -0.114. The van der Waals surface area contributed by atoms with Crippen LogP contribution in [-0.2, 0) is 11.8 Å². The molecule has 5 heteroatoms. The van der Waals surface area contributed by atoms with E-state index >= 15 is 0 Å². The number of rotatable bonds is 4. The summed E-state index contributed by atoms with van der Waals surface area (Å²) in [6.45, 7) is 3.57. The zero-order chi connectivity index (χ0) is 13.8. The smallest absolute Gasteiger partial charge is 0.221 e. The van der Waals surface area contributed by atoms with E-state index in [1.807, 2.05) is 43.7 Å². The second kappa shape index (κ2) is 5.56. The van der Waals surface area contributed by atoms with Crippen LogP contribution in [0.15, 0.2) is 36.7 Å². The van der Waals surface area contributed by atoms with Crippen LogP contribution in [0.25, 0.3) is 0 Å². The number of benzene rings is 1. The molecular weight excluding hydrogens is 240 g/mol. The molecule has 5 nitrogen and oxygen atoms in total. The second-order valence-corrected chi connectivity index (χ2v) is 4.58. The van der Waals surface area contributed by atoms with Gasteiger partial charge in [-0.25, -0.2) is 0 Å². The van der Waals surface area contributed by atoms with Crippen LogP contribution in [-0.4, -0.2) is 15.7 Å². The Hall–Kier alpha value is -2.30. The second-order valence-electron chi connectivity index (χ2n) is 4.58. The van der Waals surface area contributed by atoms with Crippen LogP contribution in [0.3, 0.4) is 0 Å². The molecule has 2 aromatic rings. The van der Waals surface area contributed by atoms with Gasteiger partial charge in [-0.2, -0.15) is 5.10 Å². The highest BCUT2D eigenvalue weighted by Gasteiger charge is 2.07. The number of aromatic nitrogens is 2. The van der Waals surface area contributed by atoms with E-state index in [1.54, 1.807) is 4.68 Å². The van der Waals surface area contributed by atoms with Gasteiger partial charge in [-0.15, -0.1) is 0 Å². The van der Waals surface area contributed by atoms with Crippen LogP contribution in [0.2, 0.25) is 0 Å². The standard InChI is InChI=1S/C14H18N4O/c1-10(12-8-15-18(3)9-12)16-13-5-4-6-14(7-13)17-11(2)19/h4-10,16H,1-3H3,(H,17,19). The van der Waals surface area contributed by atoms with Crippen molar-refractivity contribution in [1.82, 2.24) is 9.78 Å². The van der Waals surface area contributed by atoms with Gasteiger partial charge >= 0.3 is 0 Å². The Morgan fingerprint density at radius 1 is 1.37 bits per heavy atom. The number of carbonyl (C=O) groups is 1. The summed E-state index contributed by atoms with van der Waals surface area (Å²) in [5.74, 6) is -0.0718. The fraction of sp³-hybridized carbons (Fsp3) is 0.286. The molecule has 0 bridgehead atoms. The van der Waals surface area contributed by atoms with Gasteiger partial charge in [0.1, 0.15) is 0 Å². The van der Waals surface area contributed by atoms with Crippen molar-refractivity contribution in [2.45, 2.75) is 19.9 Å². The van der Waals surface area contributed by atoms with Crippen LogP contribution < -0.4 is 10.6 Å². The van der Waals surface area contributed by atoms with E-state index in [1.165, 1.54) is 6.92 Å². The SMILES string of the molecule is CC(=O)Nc1cccc(NC(C)c2cnn(C)c2)c1. The summed E-state index contributed by atoms with van der Waals surface area (Å²) in [6.07, 6.45) is 3.82. The highest BCUT2D eigenvalue weighted by Crippen LogP contribution is 2.21. The van der Waals surface area contributed by atoms with Gasteiger partial charge in [0.25, 0.3) is 0 Å². The Morgan fingerprint density at radius 2 is 2.11 bits per heavy atom. The van der Waals surface area contributed by atoms with Crippen LogP contribution in [0.4, 0.5) is 11.4 Å². The van der Waals surface area contributed by atoms with Gasteiger partial charge in [-0.05, 0) is 25.1 Å². The van der Waals surface area contributed by atoms with Crippen molar-refractivity contribution in [1.29, 1.82) is 0 Å². The number of anilines is 2. The molecule has 1 heterocycles. The van der Waals surface area contributed by atoms with Gasteiger partial charge < -0.3 is 10.6 Å². The van der Waals surface area contributed by atoms with E-state index in [0.29, 0.717) is 0 Å². The quantitative estimate of drug-likeness (QED) is 0.886. The first-order valence-corrected chi connectivity index (χ1v) is 6.17. The first-order valence-electron chi connectivity index (χ1n) is 6.17. The largest absolute Gasteiger partial charge is 0.378 e. The molecule has 0 saturated carbocycles. The van der Waals surface area contributed by atoms with Gasteiger partial charge in [0.05, 0.1) is 12.2 Å². The Balaban J connectivity index is 2.08. The van der Waals surface area contributed by atoms with E-state index in [-0.39, 0.29) is 11.9 Å². The third kappa shape index (κ3) is 3.58. The van der Waals surface area contributed by atoms with Crippen molar-refractivity contribution >= 4 is 17.3 Å². The lowest BCUT2D eigenvalue weighted by atomic mass is 10.1. The molecule has 100 valence electrons. The molecule has 1 aromatic carbocycles. The predicted octanol–water partition coefficient (Wildman–Crippen LogP) is 2.55. The topological polar surface area (TPSA) is 59.0 Å². The Bertz CT molecular complexity index is 576. The lowest BCUT2D eigenvalue weighted by Gasteiger charge is -2.14. The normalized spacial score (nSPS) is 11.9. The maximum absolute atomic E-state index is 11.0. The summed E-state index contributed by atoms with van der Waals surface area (Å²) in [5.41, 5.74) is 2.87. The summed E-state index contributed by atoms with van der Waals surface area (Å²) in [7, 11) is 1.90. The molecule has 0 spiro atoms. The van der Waals surface area contributed by atoms with E-state index < -0.39 is 0 Å². The zero-order valence-corrected chi connectivity index (χ0v) is 11.3. The van der Waals surface area contributed by atoms with E-state index in [2.05, 4.69) is 22.7 Å². The van der Waals surface area contributed by atoms with Gasteiger partial charge in [-0.1, -0.05) is 6.07 Å². The minimum Gasteiger partial charge on any atom is -0.378 e. The molecule has 1 unspecified atom stereocenters. The minimum absolute atomic E-state index is 0.0718. The third-order valence-corrected chi connectivity index (χ3v) is 2.79. The molecule has 2 N–H and O–H groups in total. The summed E-state index contributed by atoms with van der Waals surface area (Å²) >= 11 is 0. The molecule has 1 aromatic heterocycles. The lowest BCUT2D eigenvalue weighted by Crippen LogP contribution is -2.08. The average Bonchev–Trinajstić information content (AvgIpc) is 2.75. The van der Waals surface area contributed by atoms with Gasteiger partial charge in [-0.3, -0.25) is 9.48 Å². The van der Waals surface area contributed by atoms with Gasteiger partial charge in [0, 0.05) is 37.1 Å². The molecule has 1 amide bonds. The molecule has 0 fully saturated rings. The molecule has 0 aliphatic heterocycles. The number of hydrogen-bond acceptors (Lipinski definition) is 3. The van der Waals surface area contributed by atoms with E-state index in [4.69, 9.17) is 0 Å². The number of nitrogens with zero attached hydrogens (tertiary/aromatic N) is 2. The van der Waals surface area contributed by atoms with E-state index in [9.17, 15) is 4.79 Å². The number of aryl methyl sites for hydroxylation is 1. The van der Waals surface area contributed by atoms with Crippen LogP contribution in [0.1, 0.15) is 25.5 Å². The number of carbonyl (C=O) groups excluding carboxylic acids is 1. The van der Waals surface area contributed by atoms with Gasteiger partial charge in [0.15, 0.2) is 0 Å². The molecular formula is C14H18N4O. The number of hydrogen-bond donors (Lipinski definition) is 2. The monoisotopic (exact) mass is 258 g/mol. The Labute approximate surface area is 112 Å². The third-order valence-electron chi connectivity index (χ3n) is 2.79. The van der Waals surface area contributed by atoms with Crippen molar-refractivity contribution in [2.24, 2.45) is 7.05 Å². The highest BCUT2D eigenvalue weighted by atomic mass is 16.1. The average molecular weight is 258 g/mol. The van der Waals surface area contributed by atoms with Crippen molar-refractivity contribution in [3.63, 3.8) is 0 Å². The first-order chi connectivity index (χ1) is 9.04. The molecule has 19 heavy (non-hydrogen) atoms. The maximum Gasteiger partial charge on any atom is 0.221 e. The molecule has 1 atom stereocenters. The maximum atomic E-state index is 11.0. The molecule has 2 rings (SSSR count). The van der Waals surface area contributed by atoms with Crippen molar-refractivity contribution in [3.8, 4) is 0 Å². The van der Waals surface area contributed by atoms with Crippen molar-refractivity contribution < 1.29 is 4.79 Å². The first kappa shape index (κ1) is 13.1. The van der Waals surface area contributed by atoms with Gasteiger partial charge in [0.2, 0.25) is 5.91 Å². The molecule has 0 aliphatic carbocycles. The summed E-state index contributed by atoms with van der Waals surface area (Å²) in [6, 6.07) is 7.80. The summed E-state index contributed by atoms with van der Waals surface area (Å²) in [4.78, 5) is 11.0. The molecule has 0 aliphatic rings. The number of nitrogens with one attached hydrogen (secondary N) is 2. The molecule has 0 radical (unpaired) electrons. The van der Waals surface area contributed by atoms with E-state index in [0.717, 1.165) is 16.9 Å². The minimum atomic E-state index is -0.0718. The fourth-order valence-electron chi connectivity index (χ4n) is 1.89. The Morgan fingerprint density at radius 3 is 2.74 bits per heavy atom. The zero-order valence-electron chi connectivity index (χ0n) is 11.3. The Kier molecular flexibility index (Phi) is 3.85. The van der Waals surface area contributed by atoms with Crippen LogP contribution in [0.5, 0.6) is 0 Å². The summed E-state index contributed by atoms with van der Waals surface area (Å²) in [5, 5.41) is 10.3. The summed E-state index contributed by atoms with van der Waals surface area (Å²) < 4.78 is 1.78.